The minimum atomic E-state index is -0.285. The molecular weight excluding hydrogens is 1130 g/mol. The molecule has 0 saturated carbocycles. The van der Waals surface area contributed by atoms with Crippen LogP contribution in [0.5, 0.6) is 0 Å². The summed E-state index contributed by atoms with van der Waals surface area (Å²) in [6.45, 7) is 6.93. The molecule has 0 amide bonds. The lowest BCUT2D eigenvalue weighted by Gasteiger charge is -2.46. The topological polar surface area (TPSA) is 6.48 Å². The van der Waals surface area contributed by atoms with Crippen LogP contribution in [0.4, 0.5) is 34.1 Å². The number of benzene rings is 14. The van der Waals surface area contributed by atoms with E-state index in [4.69, 9.17) is 0 Å². The number of nitrogens with zero attached hydrogens (tertiary/aromatic N) is 2. The van der Waals surface area contributed by atoms with Crippen LogP contribution in [0, 0.1) is 0 Å². The van der Waals surface area contributed by atoms with Crippen LogP contribution in [0.25, 0.3) is 109 Å². The molecule has 2 aliphatic rings. The monoisotopic (exact) mass is 1190 g/mol. The van der Waals surface area contributed by atoms with Gasteiger partial charge in [0.05, 0.1) is 11.4 Å². The average Bonchev–Trinajstić information content (AvgIpc) is 0.760. The maximum absolute atomic E-state index is 2.70. The van der Waals surface area contributed by atoms with Gasteiger partial charge in [-0.2, -0.15) is 0 Å². The highest BCUT2D eigenvalue weighted by Crippen LogP contribution is 2.55. The third kappa shape index (κ3) is 9.40. The van der Waals surface area contributed by atoms with Crippen LogP contribution in [0.15, 0.2) is 328 Å². The summed E-state index contributed by atoms with van der Waals surface area (Å²) in [7, 11) is 0. The van der Waals surface area contributed by atoms with Crippen LogP contribution in [0.3, 0.4) is 0 Å². The third-order valence-electron chi connectivity index (χ3n) is 19.0. The summed E-state index contributed by atoms with van der Waals surface area (Å²) in [4.78, 5) is 5.38. The van der Waals surface area contributed by atoms with Crippen molar-refractivity contribution in [3.63, 3.8) is 0 Å². The van der Waals surface area contributed by atoms with E-state index in [9.17, 15) is 0 Å². The Morgan fingerprint density at radius 2 is 0.630 bits per heavy atom. The van der Waals surface area contributed by atoms with Crippen molar-refractivity contribution in [3.05, 3.63) is 333 Å². The number of rotatable bonds is 10. The van der Waals surface area contributed by atoms with E-state index in [0.717, 1.165) is 89.8 Å². The van der Waals surface area contributed by atoms with Gasteiger partial charge < -0.3 is 9.80 Å². The van der Waals surface area contributed by atoms with E-state index in [1.54, 1.807) is 0 Å². The summed E-state index contributed by atoms with van der Waals surface area (Å²) < 4.78 is 2.60. The molecule has 0 bridgehead atoms. The highest BCUT2D eigenvalue weighted by molar-refractivity contribution is 7.26. The quantitative estimate of drug-likeness (QED) is 0.126. The first-order chi connectivity index (χ1) is 45.3. The van der Waals surface area contributed by atoms with E-state index in [1.165, 1.54) is 75.5 Å². The molecule has 92 heavy (non-hydrogen) atoms. The smallest absolute Gasteiger partial charge is 0.252 e. The molecule has 3 heterocycles. The normalized spacial score (nSPS) is 12.4. The van der Waals surface area contributed by atoms with Gasteiger partial charge in [0.25, 0.3) is 6.71 Å². The zero-order chi connectivity index (χ0) is 61.4. The standard InChI is InChI=1S/C88H63BN2S/c1-88(2,3)69-56-81-84-82(57-69)91(86-75(63-38-21-9-22-39-63)52-68(60-32-15-6-16-33-60)53-76(86)64-40-23-10-24-41-64)80-49-47-66(70-43-27-44-72-71-42-25-26-45-83(71)92-87(70)72)55-78(80)89(84)77-54-65(58-28-11-4-12-29-58)46-48-79(77)90(81)85-73(61-34-17-7-18-35-61)50-67(59-30-13-5-14-31-59)51-74(85)62-36-19-8-20-37-62/h4-57H,1-3H3. The van der Waals surface area contributed by atoms with E-state index in [0.29, 0.717) is 0 Å². The van der Waals surface area contributed by atoms with Crippen molar-refractivity contribution >= 4 is 88.7 Å². The summed E-state index contributed by atoms with van der Waals surface area (Å²) in [6.07, 6.45) is 0. The second-order valence-electron chi connectivity index (χ2n) is 25.5. The van der Waals surface area contributed by atoms with Crippen molar-refractivity contribution in [2.45, 2.75) is 26.2 Å². The highest BCUT2D eigenvalue weighted by atomic mass is 32.1. The van der Waals surface area contributed by atoms with E-state index in [2.05, 4.69) is 358 Å². The van der Waals surface area contributed by atoms with Gasteiger partial charge in [-0.3, -0.25) is 0 Å². The second kappa shape index (κ2) is 22.5. The van der Waals surface area contributed by atoms with Crippen LogP contribution in [-0.2, 0) is 5.41 Å². The summed E-state index contributed by atoms with van der Waals surface area (Å²) in [5.74, 6) is 0. The molecule has 0 fully saturated rings. The fourth-order valence-corrected chi connectivity index (χ4v) is 15.8. The molecule has 0 radical (unpaired) electrons. The Bertz CT molecular complexity index is 5150. The highest BCUT2D eigenvalue weighted by Gasteiger charge is 2.46. The minimum absolute atomic E-state index is 0.218. The largest absolute Gasteiger partial charge is 0.310 e. The Balaban J connectivity index is 1.05. The lowest BCUT2D eigenvalue weighted by molar-refractivity contribution is 0.590. The number of thiophene rings is 1. The predicted molar refractivity (Wildman–Crippen MR) is 396 cm³/mol. The molecule has 0 spiro atoms. The summed E-state index contributed by atoms with van der Waals surface area (Å²) in [5, 5.41) is 2.58. The van der Waals surface area contributed by atoms with Gasteiger partial charge in [0, 0.05) is 65.2 Å². The van der Waals surface area contributed by atoms with E-state index in [-0.39, 0.29) is 12.1 Å². The molecule has 1 aromatic heterocycles. The number of fused-ring (bicyclic) bond motifs is 7. The predicted octanol–water partition coefficient (Wildman–Crippen LogP) is 22.8. The molecular formula is C88H63BN2S. The molecule has 15 aromatic rings. The fraction of sp³-hybridized carbons (Fsp3) is 0.0455. The first kappa shape index (κ1) is 55.1. The summed E-state index contributed by atoms with van der Waals surface area (Å²) in [5.41, 5.74) is 30.3. The van der Waals surface area contributed by atoms with Crippen molar-refractivity contribution in [1.82, 2.24) is 0 Å². The average molecular weight is 1190 g/mol. The van der Waals surface area contributed by atoms with Crippen LogP contribution in [-0.4, -0.2) is 6.71 Å². The Kier molecular flexibility index (Phi) is 13.4. The van der Waals surface area contributed by atoms with Gasteiger partial charge in [-0.25, -0.2) is 0 Å². The molecule has 434 valence electrons. The van der Waals surface area contributed by atoms with Gasteiger partial charge in [-0.05, 0) is 149 Å². The van der Waals surface area contributed by atoms with Gasteiger partial charge in [0.1, 0.15) is 0 Å². The van der Waals surface area contributed by atoms with Gasteiger partial charge in [-0.1, -0.05) is 294 Å². The maximum Gasteiger partial charge on any atom is 0.252 e. The Morgan fingerprint density at radius 3 is 1.05 bits per heavy atom. The van der Waals surface area contributed by atoms with Crippen LogP contribution in [0.1, 0.15) is 26.3 Å². The van der Waals surface area contributed by atoms with E-state index >= 15 is 0 Å². The van der Waals surface area contributed by atoms with Gasteiger partial charge in [-0.15, -0.1) is 11.3 Å². The first-order valence-corrected chi connectivity index (χ1v) is 32.8. The molecule has 0 unspecified atom stereocenters. The lowest BCUT2D eigenvalue weighted by Crippen LogP contribution is -2.61. The second-order valence-corrected chi connectivity index (χ2v) is 26.6. The molecule has 2 nitrogen and oxygen atoms in total. The molecule has 0 N–H and O–H groups in total. The van der Waals surface area contributed by atoms with Crippen molar-refractivity contribution in [3.8, 4) is 89.0 Å². The number of anilines is 6. The Labute approximate surface area is 543 Å². The van der Waals surface area contributed by atoms with E-state index < -0.39 is 0 Å². The van der Waals surface area contributed by atoms with Crippen LogP contribution >= 0.6 is 11.3 Å². The Hall–Kier alpha value is -11.0. The maximum atomic E-state index is 2.70. The van der Waals surface area contributed by atoms with Crippen molar-refractivity contribution in [2.75, 3.05) is 9.80 Å². The minimum Gasteiger partial charge on any atom is -0.310 e. The zero-order valence-electron chi connectivity index (χ0n) is 51.6. The lowest BCUT2D eigenvalue weighted by atomic mass is 9.33. The summed E-state index contributed by atoms with van der Waals surface area (Å²) in [6, 6.07) is 123. The molecule has 0 atom stereocenters. The first-order valence-electron chi connectivity index (χ1n) is 32.0. The van der Waals surface area contributed by atoms with Gasteiger partial charge in [0.15, 0.2) is 0 Å². The van der Waals surface area contributed by atoms with Crippen molar-refractivity contribution in [1.29, 1.82) is 0 Å². The van der Waals surface area contributed by atoms with Gasteiger partial charge >= 0.3 is 0 Å². The summed E-state index contributed by atoms with van der Waals surface area (Å²) >= 11 is 1.90. The molecule has 0 saturated heterocycles. The zero-order valence-corrected chi connectivity index (χ0v) is 52.4. The van der Waals surface area contributed by atoms with Crippen LogP contribution < -0.4 is 26.2 Å². The fourth-order valence-electron chi connectivity index (χ4n) is 14.6. The SMILES string of the molecule is CC(C)(C)c1cc2c3c(c1)N(c1c(-c4ccccc4)cc(-c4ccccc4)cc1-c1ccccc1)c1ccc(-c4cccc5c4sc4ccccc45)cc1B3c1cc(-c3ccccc3)ccc1N2c1c(-c2ccccc2)cc(-c2ccccc2)cc1-c1ccccc1. The molecule has 2 aliphatic heterocycles. The third-order valence-corrected chi connectivity index (χ3v) is 20.2. The number of hydrogen-bond acceptors (Lipinski definition) is 3. The van der Waals surface area contributed by atoms with Crippen molar-refractivity contribution in [2.24, 2.45) is 0 Å². The van der Waals surface area contributed by atoms with Gasteiger partial charge in [0.2, 0.25) is 0 Å². The molecule has 0 aliphatic carbocycles. The van der Waals surface area contributed by atoms with Crippen molar-refractivity contribution < 1.29 is 0 Å². The molecule has 4 heteroatoms. The van der Waals surface area contributed by atoms with Crippen LogP contribution in [0.2, 0.25) is 0 Å². The molecule has 17 rings (SSSR count). The molecule has 14 aromatic carbocycles. The van der Waals surface area contributed by atoms with E-state index in [1.807, 2.05) is 11.3 Å². The number of hydrogen-bond donors (Lipinski definition) is 0. The Morgan fingerprint density at radius 1 is 0.272 bits per heavy atom.